The van der Waals surface area contributed by atoms with Gasteiger partial charge in [0.25, 0.3) is 0 Å². The van der Waals surface area contributed by atoms with Gasteiger partial charge in [0, 0.05) is 18.1 Å². The van der Waals surface area contributed by atoms with E-state index in [2.05, 4.69) is 53.5 Å². The van der Waals surface area contributed by atoms with Crippen molar-refractivity contribution in [3.05, 3.63) is 0 Å². The first-order valence-electron chi connectivity index (χ1n) is 6.68. The third-order valence-corrected chi connectivity index (χ3v) is 4.34. The summed E-state index contributed by atoms with van der Waals surface area (Å²) in [6.45, 7) is 14.5. The first kappa shape index (κ1) is 15.9. The minimum absolute atomic E-state index is 0.182. The van der Waals surface area contributed by atoms with Gasteiger partial charge in [0.1, 0.15) is 0 Å². The van der Waals surface area contributed by atoms with E-state index in [1.807, 2.05) is 0 Å². The maximum Gasteiger partial charge on any atom is 0.0329 e. The molecule has 98 valence electrons. The normalized spacial score (nSPS) is 18.6. The Morgan fingerprint density at radius 1 is 1.19 bits per heavy atom. The standard InChI is InChI=1S/C14H32N2/c1-8-10-14(9-2,11-15)16(7)12(3)13(4,5)6/h12H,8-11,15H2,1-7H3. The topological polar surface area (TPSA) is 29.3 Å². The van der Waals surface area contributed by atoms with Crippen molar-refractivity contribution in [1.29, 1.82) is 0 Å². The fourth-order valence-corrected chi connectivity index (χ4v) is 2.45. The first-order valence-corrected chi connectivity index (χ1v) is 6.68. The lowest BCUT2D eigenvalue weighted by Crippen LogP contribution is -2.57. The lowest BCUT2D eigenvalue weighted by Gasteiger charge is -2.48. The lowest BCUT2D eigenvalue weighted by atomic mass is 9.81. The van der Waals surface area contributed by atoms with Crippen molar-refractivity contribution in [2.24, 2.45) is 11.1 Å². The molecule has 2 heteroatoms. The summed E-state index contributed by atoms with van der Waals surface area (Å²) in [6.07, 6.45) is 3.53. The van der Waals surface area contributed by atoms with Gasteiger partial charge in [0.15, 0.2) is 0 Å². The second-order valence-corrected chi connectivity index (χ2v) is 6.18. The van der Waals surface area contributed by atoms with Crippen molar-refractivity contribution in [1.82, 2.24) is 4.90 Å². The molecule has 0 aromatic carbocycles. The van der Waals surface area contributed by atoms with Crippen LogP contribution in [0, 0.1) is 5.41 Å². The van der Waals surface area contributed by atoms with Crippen molar-refractivity contribution < 1.29 is 0 Å². The molecule has 0 saturated carbocycles. The van der Waals surface area contributed by atoms with Gasteiger partial charge in [-0.05, 0) is 32.2 Å². The van der Waals surface area contributed by atoms with Crippen LogP contribution in [0.15, 0.2) is 0 Å². The Morgan fingerprint density at radius 3 is 1.94 bits per heavy atom. The third kappa shape index (κ3) is 3.46. The van der Waals surface area contributed by atoms with E-state index in [0.29, 0.717) is 11.5 Å². The van der Waals surface area contributed by atoms with Crippen LogP contribution < -0.4 is 5.73 Å². The average molecular weight is 228 g/mol. The Kier molecular flexibility index (Phi) is 5.99. The SMILES string of the molecule is CCCC(CC)(CN)N(C)C(C)C(C)(C)C. The average Bonchev–Trinajstić information content (AvgIpc) is 2.22. The Balaban J connectivity index is 4.93. The van der Waals surface area contributed by atoms with Gasteiger partial charge >= 0.3 is 0 Å². The van der Waals surface area contributed by atoms with Crippen LogP contribution in [0.1, 0.15) is 60.8 Å². The maximum atomic E-state index is 6.04. The van der Waals surface area contributed by atoms with Gasteiger partial charge in [-0.3, -0.25) is 4.90 Å². The Morgan fingerprint density at radius 2 is 1.69 bits per heavy atom. The molecule has 0 aromatic rings. The van der Waals surface area contributed by atoms with Crippen LogP contribution in [0.2, 0.25) is 0 Å². The van der Waals surface area contributed by atoms with Gasteiger partial charge in [-0.1, -0.05) is 41.0 Å². The molecule has 0 aromatic heterocycles. The summed E-state index contributed by atoms with van der Waals surface area (Å²) < 4.78 is 0. The Hall–Kier alpha value is -0.0800. The van der Waals surface area contributed by atoms with E-state index in [9.17, 15) is 0 Å². The van der Waals surface area contributed by atoms with Crippen LogP contribution in [-0.2, 0) is 0 Å². The molecule has 0 saturated heterocycles. The number of rotatable bonds is 6. The second-order valence-electron chi connectivity index (χ2n) is 6.18. The van der Waals surface area contributed by atoms with Crippen molar-refractivity contribution in [2.75, 3.05) is 13.6 Å². The van der Waals surface area contributed by atoms with Crippen LogP contribution in [0.3, 0.4) is 0 Å². The largest absolute Gasteiger partial charge is 0.329 e. The highest BCUT2D eigenvalue weighted by atomic mass is 15.2. The molecule has 0 fully saturated rings. The smallest absolute Gasteiger partial charge is 0.0329 e. The molecular weight excluding hydrogens is 196 g/mol. The number of likely N-dealkylation sites (N-methyl/N-ethyl adjacent to an activating group) is 1. The van der Waals surface area contributed by atoms with Gasteiger partial charge in [0.05, 0.1) is 0 Å². The molecule has 0 radical (unpaired) electrons. The fourth-order valence-electron chi connectivity index (χ4n) is 2.45. The van der Waals surface area contributed by atoms with Gasteiger partial charge in [-0.15, -0.1) is 0 Å². The molecule has 0 heterocycles. The number of nitrogens with two attached hydrogens (primary N) is 1. The summed E-state index contributed by atoms with van der Waals surface area (Å²) in [5, 5.41) is 0. The third-order valence-electron chi connectivity index (χ3n) is 4.34. The van der Waals surface area contributed by atoms with Crippen molar-refractivity contribution >= 4 is 0 Å². The van der Waals surface area contributed by atoms with Crippen molar-refractivity contribution in [3.63, 3.8) is 0 Å². The molecule has 0 spiro atoms. The second kappa shape index (κ2) is 6.02. The predicted molar refractivity (Wildman–Crippen MR) is 73.7 cm³/mol. The molecule has 0 bridgehead atoms. The predicted octanol–water partition coefficient (Wildman–Crippen LogP) is 3.26. The van der Waals surface area contributed by atoms with Crippen molar-refractivity contribution in [3.8, 4) is 0 Å². The molecule has 0 aliphatic carbocycles. The highest BCUT2D eigenvalue weighted by Crippen LogP contribution is 2.32. The zero-order valence-corrected chi connectivity index (χ0v) is 12.4. The molecule has 0 amide bonds. The molecule has 2 N–H and O–H groups in total. The number of hydrogen-bond acceptors (Lipinski definition) is 2. The van der Waals surface area contributed by atoms with Gasteiger partial charge in [-0.25, -0.2) is 0 Å². The van der Waals surface area contributed by atoms with E-state index in [4.69, 9.17) is 5.73 Å². The van der Waals surface area contributed by atoms with E-state index in [0.717, 1.165) is 13.0 Å². The van der Waals surface area contributed by atoms with Gasteiger partial charge in [0.2, 0.25) is 0 Å². The van der Waals surface area contributed by atoms with Gasteiger partial charge in [-0.2, -0.15) is 0 Å². The van der Waals surface area contributed by atoms with Gasteiger partial charge < -0.3 is 5.73 Å². The molecule has 0 rings (SSSR count). The molecule has 2 unspecified atom stereocenters. The molecule has 2 nitrogen and oxygen atoms in total. The summed E-state index contributed by atoms with van der Waals surface area (Å²) >= 11 is 0. The minimum atomic E-state index is 0.182. The number of nitrogens with zero attached hydrogens (tertiary/aromatic N) is 1. The highest BCUT2D eigenvalue weighted by Gasteiger charge is 2.37. The molecule has 2 atom stereocenters. The quantitative estimate of drug-likeness (QED) is 0.756. The number of hydrogen-bond donors (Lipinski definition) is 1. The van der Waals surface area contributed by atoms with E-state index in [1.165, 1.54) is 12.8 Å². The highest BCUT2D eigenvalue weighted by molar-refractivity contribution is 4.93. The lowest BCUT2D eigenvalue weighted by molar-refractivity contribution is 0.0225. The van der Waals surface area contributed by atoms with Crippen molar-refractivity contribution in [2.45, 2.75) is 72.4 Å². The van der Waals surface area contributed by atoms with Crippen LogP contribution in [0.5, 0.6) is 0 Å². The van der Waals surface area contributed by atoms with E-state index in [-0.39, 0.29) is 5.54 Å². The van der Waals surface area contributed by atoms with E-state index in [1.54, 1.807) is 0 Å². The minimum Gasteiger partial charge on any atom is -0.329 e. The summed E-state index contributed by atoms with van der Waals surface area (Å²) in [7, 11) is 2.24. The molecule has 0 aliphatic heterocycles. The van der Waals surface area contributed by atoms with E-state index < -0.39 is 0 Å². The first-order chi connectivity index (χ1) is 7.25. The Bertz CT molecular complexity index is 189. The van der Waals surface area contributed by atoms with Crippen LogP contribution >= 0.6 is 0 Å². The van der Waals surface area contributed by atoms with E-state index >= 15 is 0 Å². The Labute approximate surface area is 103 Å². The molecule has 16 heavy (non-hydrogen) atoms. The molecular formula is C14H32N2. The zero-order chi connectivity index (χ0) is 13.0. The zero-order valence-electron chi connectivity index (χ0n) is 12.4. The van der Waals surface area contributed by atoms with Crippen LogP contribution in [0.25, 0.3) is 0 Å². The molecule has 0 aliphatic rings. The monoisotopic (exact) mass is 228 g/mol. The summed E-state index contributed by atoms with van der Waals surface area (Å²) in [6, 6.07) is 0.544. The fraction of sp³-hybridized carbons (Fsp3) is 1.00. The summed E-state index contributed by atoms with van der Waals surface area (Å²) in [5.41, 5.74) is 6.53. The van der Waals surface area contributed by atoms with Crippen LogP contribution in [-0.4, -0.2) is 30.1 Å². The summed E-state index contributed by atoms with van der Waals surface area (Å²) in [5.74, 6) is 0. The maximum absolute atomic E-state index is 6.04. The summed E-state index contributed by atoms with van der Waals surface area (Å²) in [4.78, 5) is 2.51. The van der Waals surface area contributed by atoms with Crippen LogP contribution in [0.4, 0.5) is 0 Å².